The first kappa shape index (κ1) is 15.6. The lowest BCUT2D eigenvalue weighted by Crippen LogP contribution is -2.33. The molecule has 5 rings (SSSR count). The highest BCUT2D eigenvalue weighted by Gasteiger charge is 2.40. The average Bonchev–Trinajstić information content (AvgIpc) is 3.14. The second kappa shape index (κ2) is 6.29. The van der Waals surface area contributed by atoms with Gasteiger partial charge in [0.05, 0.1) is 11.8 Å². The summed E-state index contributed by atoms with van der Waals surface area (Å²) in [6.45, 7) is 0. The summed E-state index contributed by atoms with van der Waals surface area (Å²) < 4.78 is 7.41. The van der Waals surface area contributed by atoms with Crippen LogP contribution in [0.3, 0.4) is 0 Å². The summed E-state index contributed by atoms with van der Waals surface area (Å²) in [4.78, 5) is 0. The van der Waals surface area contributed by atoms with Gasteiger partial charge in [0.1, 0.15) is 5.75 Å². The third-order valence-electron chi connectivity index (χ3n) is 4.94. The molecule has 2 heterocycles. The number of nitrogens with zero attached hydrogens (tertiary/aromatic N) is 2. The van der Waals surface area contributed by atoms with Crippen LogP contribution in [0.1, 0.15) is 35.4 Å². The van der Waals surface area contributed by atoms with Crippen molar-refractivity contribution in [2.24, 2.45) is 5.10 Å². The molecule has 0 bridgehead atoms. The molecule has 128 valence electrons. The third-order valence-corrected chi connectivity index (χ3v) is 5.43. The van der Waals surface area contributed by atoms with Crippen molar-refractivity contribution in [1.82, 2.24) is 5.01 Å². The molecule has 0 N–H and O–H groups in total. The highest BCUT2D eigenvalue weighted by atomic mass is 79.9. The van der Waals surface area contributed by atoms with Crippen LogP contribution in [-0.2, 0) is 0 Å². The molecule has 0 amide bonds. The maximum absolute atomic E-state index is 6.37. The fourth-order valence-electron chi connectivity index (χ4n) is 3.72. The number of para-hydroxylation sites is 1. The molecule has 0 fully saturated rings. The summed E-state index contributed by atoms with van der Waals surface area (Å²) in [6, 6.07) is 27.2. The zero-order valence-electron chi connectivity index (χ0n) is 14.0. The lowest BCUT2D eigenvalue weighted by Gasteiger charge is -2.38. The van der Waals surface area contributed by atoms with Crippen LogP contribution < -0.4 is 4.74 Å². The fourth-order valence-corrected chi connectivity index (χ4v) is 4.14. The molecule has 26 heavy (non-hydrogen) atoms. The SMILES string of the molecule is Brc1cccc([C@H]2Oc3ccccc3[C@H]3CC(c4ccccc4)=NN32)c1. The Balaban J connectivity index is 1.61. The van der Waals surface area contributed by atoms with Crippen molar-refractivity contribution in [2.45, 2.75) is 18.7 Å². The predicted octanol–water partition coefficient (Wildman–Crippen LogP) is 5.69. The second-order valence-corrected chi connectivity index (χ2v) is 7.49. The van der Waals surface area contributed by atoms with E-state index in [2.05, 4.69) is 75.5 Å². The van der Waals surface area contributed by atoms with Crippen molar-refractivity contribution in [3.8, 4) is 5.75 Å². The molecule has 3 aromatic carbocycles. The molecular weight excluding hydrogens is 388 g/mol. The summed E-state index contributed by atoms with van der Waals surface area (Å²) in [5.74, 6) is 0.947. The zero-order chi connectivity index (χ0) is 17.5. The maximum Gasteiger partial charge on any atom is 0.213 e. The van der Waals surface area contributed by atoms with Gasteiger partial charge in [0.2, 0.25) is 6.23 Å². The molecule has 2 aliphatic rings. The highest BCUT2D eigenvalue weighted by Crippen LogP contribution is 2.47. The molecule has 0 saturated carbocycles. The number of halogens is 1. The Morgan fingerprint density at radius 2 is 1.73 bits per heavy atom. The Kier molecular flexibility index (Phi) is 3.79. The Morgan fingerprint density at radius 3 is 2.58 bits per heavy atom. The fraction of sp³-hybridized carbons (Fsp3) is 0.136. The first-order valence-electron chi connectivity index (χ1n) is 8.72. The van der Waals surface area contributed by atoms with E-state index in [0.29, 0.717) is 0 Å². The van der Waals surface area contributed by atoms with E-state index in [-0.39, 0.29) is 12.3 Å². The van der Waals surface area contributed by atoms with Crippen LogP contribution in [0.25, 0.3) is 0 Å². The van der Waals surface area contributed by atoms with Gasteiger partial charge in [-0.1, -0.05) is 76.6 Å². The van der Waals surface area contributed by atoms with E-state index in [9.17, 15) is 0 Å². The number of hydrazone groups is 1. The predicted molar refractivity (Wildman–Crippen MR) is 106 cm³/mol. The summed E-state index contributed by atoms with van der Waals surface area (Å²) in [5, 5.41) is 7.09. The topological polar surface area (TPSA) is 24.8 Å². The van der Waals surface area contributed by atoms with Crippen LogP contribution >= 0.6 is 15.9 Å². The van der Waals surface area contributed by atoms with E-state index >= 15 is 0 Å². The van der Waals surface area contributed by atoms with E-state index < -0.39 is 0 Å². The van der Waals surface area contributed by atoms with Gasteiger partial charge in [-0.3, -0.25) is 0 Å². The maximum atomic E-state index is 6.37. The third kappa shape index (κ3) is 2.61. The summed E-state index contributed by atoms with van der Waals surface area (Å²) in [7, 11) is 0. The van der Waals surface area contributed by atoms with Crippen molar-refractivity contribution >= 4 is 21.6 Å². The number of fused-ring (bicyclic) bond motifs is 3. The molecule has 0 unspecified atom stereocenters. The molecule has 0 aliphatic carbocycles. The van der Waals surface area contributed by atoms with E-state index in [4.69, 9.17) is 9.84 Å². The van der Waals surface area contributed by atoms with Gasteiger partial charge < -0.3 is 4.74 Å². The molecule has 0 aromatic heterocycles. The first-order chi connectivity index (χ1) is 12.8. The van der Waals surface area contributed by atoms with Crippen molar-refractivity contribution in [3.05, 3.63) is 100 Å². The van der Waals surface area contributed by atoms with Gasteiger partial charge >= 0.3 is 0 Å². The quantitative estimate of drug-likeness (QED) is 0.547. The summed E-state index contributed by atoms with van der Waals surface area (Å²) in [6.07, 6.45) is 0.656. The minimum absolute atomic E-state index is 0.194. The van der Waals surface area contributed by atoms with Gasteiger partial charge in [-0.05, 0) is 23.8 Å². The van der Waals surface area contributed by atoms with Crippen molar-refractivity contribution in [2.75, 3.05) is 0 Å². The smallest absolute Gasteiger partial charge is 0.213 e. The van der Waals surface area contributed by atoms with Gasteiger partial charge in [-0.25, -0.2) is 5.01 Å². The van der Waals surface area contributed by atoms with Crippen LogP contribution in [0.5, 0.6) is 5.75 Å². The number of ether oxygens (including phenoxy) is 1. The van der Waals surface area contributed by atoms with E-state index in [1.54, 1.807) is 0 Å². The van der Waals surface area contributed by atoms with Crippen molar-refractivity contribution in [3.63, 3.8) is 0 Å². The Hall–Kier alpha value is -2.59. The molecule has 3 aromatic rings. The number of benzene rings is 3. The molecule has 0 spiro atoms. The second-order valence-electron chi connectivity index (χ2n) is 6.58. The zero-order valence-corrected chi connectivity index (χ0v) is 15.6. The van der Waals surface area contributed by atoms with Crippen molar-refractivity contribution in [1.29, 1.82) is 0 Å². The van der Waals surface area contributed by atoms with Gasteiger partial charge in [-0.2, -0.15) is 5.10 Å². The number of rotatable bonds is 2. The Bertz CT molecular complexity index is 986. The van der Waals surface area contributed by atoms with Crippen LogP contribution in [0.15, 0.2) is 88.4 Å². The minimum atomic E-state index is -0.228. The summed E-state index contributed by atoms with van der Waals surface area (Å²) >= 11 is 3.57. The molecular formula is C22H17BrN2O. The molecule has 0 radical (unpaired) electrons. The minimum Gasteiger partial charge on any atom is -0.464 e. The molecule has 2 aliphatic heterocycles. The van der Waals surface area contributed by atoms with Gasteiger partial charge in [0, 0.05) is 22.0 Å². The largest absolute Gasteiger partial charge is 0.464 e. The number of hydrogen-bond acceptors (Lipinski definition) is 3. The van der Waals surface area contributed by atoms with Gasteiger partial charge in [0.15, 0.2) is 0 Å². The highest BCUT2D eigenvalue weighted by molar-refractivity contribution is 9.10. The van der Waals surface area contributed by atoms with Crippen LogP contribution in [0.4, 0.5) is 0 Å². The molecule has 3 nitrogen and oxygen atoms in total. The summed E-state index contributed by atoms with van der Waals surface area (Å²) in [5.41, 5.74) is 4.58. The lowest BCUT2D eigenvalue weighted by molar-refractivity contribution is -0.0190. The van der Waals surface area contributed by atoms with Crippen molar-refractivity contribution < 1.29 is 4.74 Å². The Morgan fingerprint density at radius 1 is 0.923 bits per heavy atom. The molecule has 4 heteroatoms. The van der Waals surface area contributed by atoms with E-state index in [1.807, 2.05) is 24.3 Å². The average molecular weight is 405 g/mol. The monoisotopic (exact) mass is 404 g/mol. The molecule has 2 atom stereocenters. The van der Waals surface area contributed by atoms with Gasteiger partial charge in [-0.15, -0.1) is 0 Å². The molecule has 0 saturated heterocycles. The standard InChI is InChI=1S/C22H17BrN2O/c23-17-10-6-9-16(13-17)22-25-20(18-11-4-5-12-21(18)26-22)14-19(24-25)15-7-2-1-3-8-15/h1-13,20,22H,14H2/t20-,22-/m1/s1. The lowest BCUT2D eigenvalue weighted by atomic mass is 9.96. The van der Waals surface area contributed by atoms with E-state index in [1.165, 1.54) is 11.1 Å². The Labute approximate surface area is 161 Å². The van der Waals surface area contributed by atoms with Crippen LogP contribution in [0.2, 0.25) is 0 Å². The van der Waals surface area contributed by atoms with E-state index in [0.717, 1.165) is 27.9 Å². The normalized spacial score (nSPS) is 20.8. The number of hydrogen-bond donors (Lipinski definition) is 0. The van der Waals surface area contributed by atoms with Crippen LogP contribution in [-0.4, -0.2) is 10.7 Å². The first-order valence-corrected chi connectivity index (χ1v) is 9.51. The van der Waals surface area contributed by atoms with Crippen LogP contribution in [0, 0.1) is 0 Å². The van der Waals surface area contributed by atoms with Gasteiger partial charge in [0.25, 0.3) is 0 Å².